The molecule has 1 rings (SSSR count). The summed E-state index contributed by atoms with van der Waals surface area (Å²) in [5.74, 6) is 0.270. The molecule has 0 N–H and O–H groups in total. The van der Waals surface area contributed by atoms with Gasteiger partial charge in [-0.15, -0.1) is 0 Å². The third kappa shape index (κ3) is 4.49. The van der Waals surface area contributed by atoms with E-state index in [-0.39, 0.29) is 17.1 Å². The smallest absolute Gasteiger partial charge is 0.306 e. The number of halogens is 1. The van der Waals surface area contributed by atoms with Crippen molar-refractivity contribution < 1.29 is 14.0 Å². The number of ether oxygens (including phenoxy) is 1. The molecular weight excluding hydrogens is 359 g/mol. The van der Waals surface area contributed by atoms with E-state index in [0.29, 0.717) is 18.9 Å². The minimum atomic E-state index is -1.70. The Morgan fingerprint density at radius 2 is 2.06 bits per heavy atom. The van der Waals surface area contributed by atoms with Crippen molar-refractivity contribution in [2.45, 2.75) is 57.8 Å². The third-order valence-corrected chi connectivity index (χ3v) is 9.49. The largest absolute Gasteiger partial charge is 0.462 e. The molecule has 0 unspecified atom stereocenters. The highest BCUT2D eigenvalue weighted by molar-refractivity contribution is 14.1. The Labute approximate surface area is 125 Å². The first-order valence-electron chi connectivity index (χ1n) is 6.55. The van der Waals surface area contributed by atoms with Crippen LogP contribution in [-0.2, 0) is 14.0 Å². The van der Waals surface area contributed by atoms with Crippen molar-refractivity contribution >= 4 is 36.9 Å². The molecule has 1 saturated heterocycles. The number of hydrogen-bond donors (Lipinski definition) is 0. The van der Waals surface area contributed by atoms with Gasteiger partial charge in [-0.2, -0.15) is 0 Å². The van der Waals surface area contributed by atoms with Crippen LogP contribution in [0.1, 0.15) is 33.6 Å². The summed E-state index contributed by atoms with van der Waals surface area (Å²) < 4.78 is 12.4. The maximum atomic E-state index is 11.5. The van der Waals surface area contributed by atoms with E-state index >= 15 is 0 Å². The Morgan fingerprint density at radius 3 is 2.56 bits per heavy atom. The lowest BCUT2D eigenvalue weighted by molar-refractivity contribution is -0.155. The summed E-state index contributed by atoms with van der Waals surface area (Å²) in [6.45, 7) is 11.9. The van der Waals surface area contributed by atoms with Crippen LogP contribution < -0.4 is 0 Å². The fourth-order valence-electron chi connectivity index (χ4n) is 1.74. The van der Waals surface area contributed by atoms with Gasteiger partial charge in [-0.05, 0) is 30.5 Å². The summed E-state index contributed by atoms with van der Waals surface area (Å²) >= 11 is 2.27. The minimum Gasteiger partial charge on any atom is -0.462 e. The summed E-state index contributed by atoms with van der Waals surface area (Å²) in [6.07, 6.45) is 1.55. The van der Waals surface area contributed by atoms with Crippen molar-refractivity contribution in [3.05, 3.63) is 0 Å². The third-order valence-electron chi connectivity index (χ3n) is 4.01. The number of carbonyl (C=O) groups excluding carboxylic acids is 1. The van der Waals surface area contributed by atoms with Crippen LogP contribution >= 0.6 is 22.6 Å². The molecule has 0 spiro atoms. The molecule has 18 heavy (non-hydrogen) atoms. The number of carbonyl (C=O) groups is 1. The lowest BCUT2D eigenvalue weighted by atomic mass is 9.97. The zero-order chi connectivity index (χ0) is 14.0. The normalized spacial score (nSPS) is 26.0. The first kappa shape index (κ1) is 16.4. The molecule has 106 valence electrons. The Hall–Kier alpha value is 0.377. The van der Waals surface area contributed by atoms with Crippen LogP contribution in [0, 0.1) is 5.92 Å². The van der Waals surface area contributed by atoms with Crippen LogP contribution in [0.3, 0.4) is 0 Å². The topological polar surface area (TPSA) is 35.5 Å². The monoisotopic (exact) mass is 384 g/mol. The van der Waals surface area contributed by atoms with Gasteiger partial charge in [-0.3, -0.25) is 4.79 Å². The van der Waals surface area contributed by atoms with Gasteiger partial charge in [0.15, 0.2) is 8.32 Å². The van der Waals surface area contributed by atoms with E-state index in [0.717, 1.165) is 10.8 Å². The predicted molar refractivity (Wildman–Crippen MR) is 84.6 cm³/mol. The standard InChI is InChI=1S/C13H25IO3Si/c1-13(2,3)18(4,5)16-9-10-6-11(8-14)17-12(15)7-10/h10-11H,6-9H2,1-5H3/t10-,11+/m0/s1. The zero-order valence-corrected chi connectivity index (χ0v) is 15.2. The Bertz CT molecular complexity index is 299. The zero-order valence-electron chi connectivity index (χ0n) is 12.1. The van der Waals surface area contributed by atoms with Crippen molar-refractivity contribution in [2.24, 2.45) is 5.92 Å². The second-order valence-corrected chi connectivity index (χ2v) is 12.3. The minimum absolute atomic E-state index is 0.0632. The second-order valence-electron chi connectivity index (χ2n) is 6.64. The maximum absolute atomic E-state index is 11.5. The summed E-state index contributed by atoms with van der Waals surface area (Å²) in [4.78, 5) is 11.5. The van der Waals surface area contributed by atoms with Crippen molar-refractivity contribution in [3.63, 3.8) is 0 Å². The van der Waals surface area contributed by atoms with Gasteiger partial charge in [0, 0.05) is 11.0 Å². The molecule has 0 aromatic heterocycles. The first-order valence-corrected chi connectivity index (χ1v) is 11.0. The van der Waals surface area contributed by atoms with Gasteiger partial charge >= 0.3 is 5.97 Å². The molecule has 0 aromatic carbocycles. The van der Waals surface area contributed by atoms with Crippen LogP contribution in [0.2, 0.25) is 18.1 Å². The Morgan fingerprint density at radius 1 is 1.44 bits per heavy atom. The lowest BCUT2D eigenvalue weighted by Gasteiger charge is -2.38. The number of cyclic esters (lactones) is 1. The molecule has 0 saturated carbocycles. The molecular formula is C13H25IO3Si. The van der Waals surface area contributed by atoms with Crippen LogP contribution in [0.5, 0.6) is 0 Å². The molecule has 0 bridgehead atoms. The van der Waals surface area contributed by atoms with Crippen molar-refractivity contribution in [1.82, 2.24) is 0 Å². The summed E-state index contributed by atoms with van der Waals surface area (Å²) in [7, 11) is -1.70. The average molecular weight is 384 g/mol. The molecule has 1 aliphatic heterocycles. The van der Waals surface area contributed by atoms with Gasteiger partial charge in [0.05, 0.1) is 6.42 Å². The molecule has 1 fully saturated rings. The quantitative estimate of drug-likeness (QED) is 0.320. The van der Waals surface area contributed by atoms with E-state index in [1.807, 2.05) is 0 Å². The molecule has 0 aliphatic carbocycles. The number of esters is 1. The summed E-state index contributed by atoms with van der Waals surface area (Å²) in [6, 6.07) is 0. The van der Waals surface area contributed by atoms with Gasteiger partial charge in [-0.1, -0.05) is 43.4 Å². The summed E-state index contributed by atoms with van der Waals surface area (Å²) in [5.41, 5.74) is 0. The molecule has 0 aromatic rings. The van der Waals surface area contributed by atoms with E-state index in [4.69, 9.17) is 9.16 Å². The van der Waals surface area contributed by atoms with E-state index in [2.05, 4.69) is 56.5 Å². The van der Waals surface area contributed by atoms with Crippen molar-refractivity contribution in [1.29, 1.82) is 0 Å². The fourth-order valence-corrected chi connectivity index (χ4v) is 3.36. The highest BCUT2D eigenvalue weighted by Crippen LogP contribution is 2.37. The lowest BCUT2D eigenvalue weighted by Crippen LogP contribution is -2.43. The first-order chi connectivity index (χ1) is 8.15. The van der Waals surface area contributed by atoms with E-state index in [1.165, 1.54) is 0 Å². The van der Waals surface area contributed by atoms with Crippen molar-refractivity contribution in [3.8, 4) is 0 Å². The van der Waals surface area contributed by atoms with Crippen LogP contribution in [0.4, 0.5) is 0 Å². The van der Waals surface area contributed by atoms with Crippen molar-refractivity contribution in [2.75, 3.05) is 11.0 Å². The molecule has 2 atom stereocenters. The SMILES string of the molecule is CC(C)(C)[Si](C)(C)OC[C@@H]1CC(=O)O[C@@H](CI)C1. The maximum Gasteiger partial charge on any atom is 0.306 e. The van der Waals surface area contributed by atoms with E-state index in [9.17, 15) is 4.79 Å². The van der Waals surface area contributed by atoms with Gasteiger partial charge in [0.1, 0.15) is 6.10 Å². The molecule has 0 amide bonds. The van der Waals surface area contributed by atoms with Crippen LogP contribution in [0.25, 0.3) is 0 Å². The Balaban J connectivity index is 2.50. The fraction of sp³-hybridized carbons (Fsp3) is 0.923. The van der Waals surface area contributed by atoms with E-state index < -0.39 is 8.32 Å². The molecule has 0 radical (unpaired) electrons. The van der Waals surface area contributed by atoms with E-state index in [1.54, 1.807) is 0 Å². The van der Waals surface area contributed by atoms with Gasteiger partial charge in [0.2, 0.25) is 0 Å². The van der Waals surface area contributed by atoms with Gasteiger partial charge < -0.3 is 9.16 Å². The van der Waals surface area contributed by atoms with Crippen LogP contribution in [-0.4, -0.2) is 31.4 Å². The predicted octanol–water partition coefficient (Wildman–Crippen LogP) is 3.77. The van der Waals surface area contributed by atoms with Gasteiger partial charge in [-0.25, -0.2) is 0 Å². The average Bonchev–Trinajstić information content (AvgIpc) is 2.24. The Kier molecular flexibility index (Phi) is 5.68. The molecule has 1 heterocycles. The molecule has 1 aliphatic rings. The summed E-state index contributed by atoms with van der Waals surface area (Å²) in [5, 5.41) is 0.227. The molecule has 3 nitrogen and oxygen atoms in total. The second kappa shape index (κ2) is 6.22. The molecule has 5 heteroatoms. The van der Waals surface area contributed by atoms with Crippen LogP contribution in [0.15, 0.2) is 0 Å². The number of rotatable bonds is 4. The van der Waals surface area contributed by atoms with Gasteiger partial charge in [0.25, 0.3) is 0 Å². The highest BCUT2D eigenvalue weighted by atomic mass is 127. The number of alkyl halides is 1. The number of hydrogen-bond acceptors (Lipinski definition) is 3. The highest BCUT2D eigenvalue weighted by Gasteiger charge is 2.38.